The molecule has 0 unspecified atom stereocenters. The first-order chi connectivity index (χ1) is 32.3. The number of rotatable bonds is 3. The monoisotopic (exact) mass is 841 g/mol. The lowest BCUT2D eigenvalue weighted by Crippen LogP contribution is -2.71. The molecule has 0 N–H and O–H groups in total. The van der Waals surface area contributed by atoms with Crippen LogP contribution in [0.15, 0.2) is 212 Å². The molecule has 4 nitrogen and oxygen atoms in total. The smallest absolute Gasteiger partial charge is 0.348 e. The summed E-state index contributed by atoms with van der Waals surface area (Å²) in [5.74, 6) is 1.82. The molecule has 0 fully saturated rings. The minimum absolute atomic E-state index is 0.908. The summed E-state index contributed by atoms with van der Waals surface area (Å²) in [5, 5.41) is 12.8. The Labute approximate surface area is 373 Å². The van der Waals surface area contributed by atoms with Crippen molar-refractivity contribution in [3.63, 3.8) is 0 Å². The standard InChI is InChI=1S/C60H35N3OSi/c1-4-14-36(15-5-1)39-24-28-50-45(32-39)44-27-29-51-56-57-58-46(42-20-10-12-22-48(42)61(51)58)35-47-43-21-11-13-23-49(43)62(60(47)57)65(63(50)59(44)56)54-30-25-40(37-16-6-2-7-17-37)33-52(54)64-53-34-41(26-31-55(53)65)38-18-8-3-9-19-38/h1-35H. The Morgan fingerprint density at radius 1 is 0.292 bits per heavy atom. The quantitative estimate of drug-likeness (QED) is 0.163. The molecule has 4 aromatic heterocycles. The minimum atomic E-state index is -3.54. The lowest BCUT2D eigenvalue weighted by Gasteiger charge is -2.41. The molecule has 16 rings (SSSR count). The molecule has 6 heterocycles. The third kappa shape index (κ3) is 4.09. The first kappa shape index (κ1) is 34.1. The maximum atomic E-state index is 7.42. The number of benzene rings is 10. The average Bonchev–Trinajstić information content (AvgIpc) is 4.08. The van der Waals surface area contributed by atoms with Gasteiger partial charge in [-0.15, -0.1) is 0 Å². The van der Waals surface area contributed by atoms with Crippen LogP contribution < -0.4 is 15.1 Å². The van der Waals surface area contributed by atoms with E-state index >= 15 is 0 Å². The van der Waals surface area contributed by atoms with Crippen molar-refractivity contribution in [3.8, 4) is 44.9 Å². The Balaban J connectivity index is 1.18. The molecule has 0 bridgehead atoms. The zero-order chi connectivity index (χ0) is 42.1. The van der Waals surface area contributed by atoms with E-state index in [-0.39, 0.29) is 0 Å². The summed E-state index contributed by atoms with van der Waals surface area (Å²) in [6, 6.07) is 79.2. The second-order valence-corrected chi connectivity index (χ2v) is 21.3. The van der Waals surface area contributed by atoms with Crippen LogP contribution in [0.3, 0.4) is 0 Å². The molecule has 65 heavy (non-hydrogen) atoms. The first-order valence-corrected chi connectivity index (χ1v) is 24.4. The van der Waals surface area contributed by atoms with Gasteiger partial charge in [0.1, 0.15) is 11.5 Å². The van der Waals surface area contributed by atoms with E-state index in [1.54, 1.807) is 0 Å². The molecule has 14 aromatic rings. The van der Waals surface area contributed by atoms with Gasteiger partial charge in [-0.2, -0.15) is 0 Å². The molecule has 0 saturated carbocycles. The maximum absolute atomic E-state index is 7.42. The Morgan fingerprint density at radius 2 is 0.769 bits per heavy atom. The second-order valence-electron chi connectivity index (χ2n) is 18.0. The van der Waals surface area contributed by atoms with Gasteiger partial charge in [0.05, 0.1) is 27.6 Å². The number of ether oxygens (including phenoxy) is 1. The van der Waals surface area contributed by atoms with Gasteiger partial charge in [-0.1, -0.05) is 164 Å². The Hall–Kier alpha value is -8.38. The van der Waals surface area contributed by atoms with Crippen molar-refractivity contribution < 1.29 is 4.74 Å². The number of fused-ring (bicyclic) bond motifs is 16. The molecule has 0 atom stereocenters. The zero-order valence-electron chi connectivity index (χ0n) is 35.0. The van der Waals surface area contributed by atoms with E-state index in [2.05, 4.69) is 225 Å². The topological polar surface area (TPSA) is 23.5 Å². The summed E-state index contributed by atoms with van der Waals surface area (Å²) in [7, 11) is -3.54. The molecule has 5 heteroatoms. The van der Waals surface area contributed by atoms with E-state index in [1.165, 1.54) is 114 Å². The summed E-state index contributed by atoms with van der Waals surface area (Å²) in [6.45, 7) is 0. The van der Waals surface area contributed by atoms with Crippen LogP contribution in [0.5, 0.6) is 11.5 Å². The SMILES string of the molecule is c1ccc(-c2ccc3c(c2)Oc2cc(-c4ccccc4)ccc2[Si]32n3c4ccc(-c5ccccc5)cc4c4ccc5c(c6c7c(cc8c9ccccc9n5c86)c5ccccc5n72)c43)cc1. The van der Waals surface area contributed by atoms with Crippen LogP contribution in [0.2, 0.25) is 0 Å². The number of aromatic nitrogens is 3. The van der Waals surface area contributed by atoms with E-state index in [4.69, 9.17) is 4.74 Å². The van der Waals surface area contributed by atoms with E-state index < -0.39 is 8.40 Å². The highest BCUT2D eigenvalue weighted by atomic mass is 28.3. The third-order valence-corrected chi connectivity index (χ3v) is 19.4. The van der Waals surface area contributed by atoms with Crippen LogP contribution in [-0.4, -0.2) is 21.3 Å². The van der Waals surface area contributed by atoms with Gasteiger partial charge < -0.3 is 17.6 Å². The highest BCUT2D eigenvalue weighted by molar-refractivity contribution is 7.03. The van der Waals surface area contributed by atoms with Gasteiger partial charge in [-0.25, -0.2) is 0 Å². The van der Waals surface area contributed by atoms with Crippen LogP contribution in [0, 0.1) is 0 Å². The molecule has 0 amide bonds. The van der Waals surface area contributed by atoms with Crippen LogP contribution in [-0.2, 0) is 0 Å². The van der Waals surface area contributed by atoms with E-state index in [9.17, 15) is 0 Å². The van der Waals surface area contributed by atoms with Gasteiger partial charge in [0.15, 0.2) is 0 Å². The molecule has 2 aliphatic rings. The van der Waals surface area contributed by atoms with Crippen molar-refractivity contribution in [1.82, 2.24) is 12.9 Å². The normalized spacial score (nSPS) is 13.8. The number of hydrogen-bond acceptors (Lipinski definition) is 1. The Kier molecular flexibility index (Phi) is 6.30. The van der Waals surface area contributed by atoms with Crippen molar-refractivity contribution in [1.29, 1.82) is 0 Å². The molecule has 1 spiro atoms. The van der Waals surface area contributed by atoms with E-state index in [0.29, 0.717) is 0 Å². The predicted molar refractivity (Wildman–Crippen MR) is 272 cm³/mol. The van der Waals surface area contributed by atoms with Gasteiger partial charge >= 0.3 is 8.40 Å². The fourth-order valence-electron chi connectivity index (χ4n) is 12.3. The average molecular weight is 842 g/mol. The summed E-state index contributed by atoms with van der Waals surface area (Å²) in [4.78, 5) is 0. The summed E-state index contributed by atoms with van der Waals surface area (Å²) >= 11 is 0. The lowest BCUT2D eigenvalue weighted by atomic mass is 10.0. The van der Waals surface area contributed by atoms with Gasteiger partial charge in [0, 0.05) is 64.5 Å². The molecule has 0 saturated heterocycles. The number of para-hydroxylation sites is 2. The number of nitrogens with zero attached hydrogens (tertiary/aromatic N) is 3. The Bertz CT molecular complexity index is 4280. The van der Waals surface area contributed by atoms with Crippen LogP contribution in [0.25, 0.3) is 115 Å². The van der Waals surface area contributed by atoms with E-state index in [0.717, 1.165) is 22.6 Å². The maximum Gasteiger partial charge on any atom is 0.348 e. The van der Waals surface area contributed by atoms with E-state index in [1.807, 2.05) is 0 Å². The van der Waals surface area contributed by atoms with Gasteiger partial charge in [-0.05, 0) is 81.9 Å². The minimum Gasteiger partial charge on any atom is -0.457 e. The van der Waals surface area contributed by atoms with Gasteiger partial charge in [-0.3, -0.25) is 0 Å². The van der Waals surface area contributed by atoms with Crippen molar-refractivity contribution >= 4 is 100 Å². The summed E-state index contributed by atoms with van der Waals surface area (Å²) < 4.78 is 15.7. The first-order valence-electron chi connectivity index (χ1n) is 22.5. The van der Waals surface area contributed by atoms with Crippen molar-refractivity contribution in [2.24, 2.45) is 0 Å². The third-order valence-electron chi connectivity index (χ3n) is 14.9. The predicted octanol–water partition coefficient (Wildman–Crippen LogP) is 14.1. The Morgan fingerprint density at radius 3 is 1.40 bits per heavy atom. The highest BCUT2D eigenvalue weighted by Gasteiger charge is 2.54. The molecule has 10 aromatic carbocycles. The molecule has 300 valence electrons. The molecular formula is C60H35N3OSi. The van der Waals surface area contributed by atoms with Crippen molar-refractivity contribution in [3.05, 3.63) is 212 Å². The largest absolute Gasteiger partial charge is 0.457 e. The fourth-order valence-corrected chi connectivity index (χ4v) is 17.5. The highest BCUT2D eigenvalue weighted by Crippen LogP contribution is 2.53. The van der Waals surface area contributed by atoms with Crippen molar-refractivity contribution in [2.75, 3.05) is 0 Å². The van der Waals surface area contributed by atoms with Gasteiger partial charge in [0.25, 0.3) is 0 Å². The number of hydrogen-bond donors (Lipinski definition) is 0. The van der Waals surface area contributed by atoms with Crippen molar-refractivity contribution in [2.45, 2.75) is 0 Å². The molecule has 2 aliphatic heterocycles. The molecule has 0 radical (unpaired) electrons. The van der Waals surface area contributed by atoms with Crippen LogP contribution in [0.1, 0.15) is 0 Å². The summed E-state index contributed by atoms with van der Waals surface area (Å²) in [6.07, 6.45) is 0. The van der Waals surface area contributed by atoms with Crippen LogP contribution in [0.4, 0.5) is 0 Å². The zero-order valence-corrected chi connectivity index (χ0v) is 36.0. The molecule has 0 aliphatic carbocycles. The molecular weight excluding hydrogens is 807 g/mol. The lowest BCUT2D eigenvalue weighted by molar-refractivity contribution is 0.486. The van der Waals surface area contributed by atoms with Crippen LogP contribution >= 0.6 is 0 Å². The van der Waals surface area contributed by atoms with Gasteiger partial charge in [0.2, 0.25) is 0 Å². The fraction of sp³-hybridized carbons (Fsp3) is 0. The summed E-state index contributed by atoms with van der Waals surface area (Å²) in [5.41, 5.74) is 15.9. The second kappa shape index (κ2) is 12.0.